The molecule has 2 fully saturated rings. The third-order valence-electron chi connectivity index (χ3n) is 5.55. The van der Waals surface area contributed by atoms with Gasteiger partial charge in [0, 0.05) is 16.5 Å². The van der Waals surface area contributed by atoms with Gasteiger partial charge in [-0.15, -0.1) is 0 Å². The monoisotopic (exact) mass is 410 g/mol. The van der Waals surface area contributed by atoms with Crippen LogP contribution in [-0.4, -0.2) is 46.9 Å². The molecule has 0 aromatic carbocycles. The lowest BCUT2D eigenvalue weighted by Gasteiger charge is -2.53. The molecule has 3 atom stereocenters. The maximum absolute atomic E-state index is 6.79. The van der Waals surface area contributed by atoms with Crippen LogP contribution < -0.4 is 0 Å². The molecule has 0 saturated carbocycles. The standard InChI is InChI=1S/C18H27ClN4O3Si/c1-17(2,3)27(18(4,5)6)24-8-12-11(26-27)7-13(25-12)23-10-22-14-15(19)20-9-21-16(14)23/h9-13H,7-8H2,1-6H3/t11-,12+,13+/m0/s1. The fourth-order valence-electron chi connectivity index (χ4n) is 4.54. The Morgan fingerprint density at radius 3 is 2.44 bits per heavy atom. The Hall–Kier alpha value is -1.06. The quantitative estimate of drug-likeness (QED) is 0.517. The van der Waals surface area contributed by atoms with E-state index in [0.717, 1.165) is 6.42 Å². The van der Waals surface area contributed by atoms with Gasteiger partial charge in [-0.25, -0.2) is 15.0 Å². The molecular formula is C18H27ClN4O3Si. The van der Waals surface area contributed by atoms with Crippen molar-refractivity contribution in [1.29, 1.82) is 0 Å². The number of rotatable bonds is 1. The van der Waals surface area contributed by atoms with E-state index >= 15 is 0 Å². The van der Waals surface area contributed by atoms with Crippen LogP contribution in [0, 0.1) is 0 Å². The van der Waals surface area contributed by atoms with Gasteiger partial charge in [0.25, 0.3) is 0 Å². The van der Waals surface area contributed by atoms with E-state index in [-0.39, 0.29) is 28.5 Å². The van der Waals surface area contributed by atoms with Gasteiger partial charge in [0.1, 0.15) is 24.2 Å². The van der Waals surface area contributed by atoms with Crippen LogP contribution in [-0.2, 0) is 13.6 Å². The second-order valence-corrected chi connectivity index (χ2v) is 14.6. The molecule has 7 nitrogen and oxygen atoms in total. The van der Waals surface area contributed by atoms with Crippen molar-refractivity contribution < 1.29 is 13.6 Å². The zero-order valence-corrected chi connectivity index (χ0v) is 18.4. The molecule has 0 bridgehead atoms. The van der Waals surface area contributed by atoms with Gasteiger partial charge in [-0.3, -0.25) is 4.57 Å². The SMILES string of the molecule is CC(C)(C)[Si]1(C(C)(C)C)OC[C@H]2O[C@@H](n3cnc4c(Cl)ncnc43)C[C@@H]2O1. The molecule has 0 radical (unpaired) electrons. The zero-order valence-electron chi connectivity index (χ0n) is 16.7. The van der Waals surface area contributed by atoms with Crippen LogP contribution in [0.5, 0.6) is 0 Å². The van der Waals surface area contributed by atoms with E-state index in [9.17, 15) is 0 Å². The van der Waals surface area contributed by atoms with E-state index < -0.39 is 8.56 Å². The summed E-state index contributed by atoms with van der Waals surface area (Å²) in [6.45, 7) is 13.9. The third kappa shape index (κ3) is 2.93. The molecule has 4 heterocycles. The van der Waals surface area contributed by atoms with E-state index in [1.165, 1.54) is 6.33 Å². The number of fused-ring (bicyclic) bond motifs is 2. The summed E-state index contributed by atoms with van der Waals surface area (Å²) in [6.07, 6.45) is 3.61. The van der Waals surface area contributed by atoms with Crippen molar-refractivity contribution in [2.24, 2.45) is 0 Å². The summed E-state index contributed by atoms with van der Waals surface area (Å²) in [5.41, 5.74) is 1.26. The van der Waals surface area contributed by atoms with E-state index in [2.05, 4.69) is 56.5 Å². The molecule has 2 aliphatic heterocycles. The summed E-state index contributed by atoms with van der Waals surface area (Å²) in [4.78, 5) is 12.7. The summed E-state index contributed by atoms with van der Waals surface area (Å²) in [5.74, 6) is 0. The molecule has 148 valence electrons. The maximum Gasteiger partial charge on any atom is 0.349 e. The smallest absolute Gasteiger partial charge is 0.349 e. The number of hydrogen-bond donors (Lipinski definition) is 0. The Bertz CT molecular complexity index is 846. The van der Waals surface area contributed by atoms with Crippen LogP contribution in [0.3, 0.4) is 0 Å². The molecule has 9 heteroatoms. The van der Waals surface area contributed by atoms with Crippen LogP contribution in [0.2, 0.25) is 15.2 Å². The van der Waals surface area contributed by atoms with Gasteiger partial charge in [0.05, 0.1) is 19.0 Å². The third-order valence-corrected chi connectivity index (χ3v) is 11.0. The highest BCUT2D eigenvalue weighted by atomic mass is 35.5. The Labute approximate surface area is 165 Å². The van der Waals surface area contributed by atoms with Crippen LogP contribution in [0.4, 0.5) is 0 Å². The molecule has 0 N–H and O–H groups in total. The molecule has 27 heavy (non-hydrogen) atoms. The predicted octanol–water partition coefficient (Wildman–Crippen LogP) is 4.23. The lowest BCUT2D eigenvalue weighted by atomic mass is 10.2. The first-order valence-electron chi connectivity index (χ1n) is 9.34. The average Bonchev–Trinajstić information content (AvgIpc) is 3.16. The normalized spacial score (nSPS) is 28.5. The van der Waals surface area contributed by atoms with Crippen LogP contribution in [0.1, 0.15) is 54.2 Å². The predicted molar refractivity (Wildman–Crippen MR) is 105 cm³/mol. The summed E-state index contributed by atoms with van der Waals surface area (Å²) in [5, 5.41) is 0.258. The highest BCUT2D eigenvalue weighted by Crippen LogP contribution is 2.55. The fraction of sp³-hybridized carbons (Fsp3) is 0.722. The fourth-order valence-corrected chi connectivity index (χ4v) is 9.68. The number of ether oxygens (including phenoxy) is 1. The van der Waals surface area contributed by atoms with Gasteiger partial charge >= 0.3 is 8.56 Å². The largest absolute Gasteiger partial charge is 0.391 e. The molecular weight excluding hydrogens is 384 g/mol. The summed E-state index contributed by atoms with van der Waals surface area (Å²) >= 11 is 6.13. The highest BCUT2D eigenvalue weighted by molar-refractivity contribution is 6.73. The lowest BCUT2D eigenvalue weighted by Crippen LogP contribution is -2.64. The van der Waals surface area contributed by atoms with Gasteiger partial charge in [-0.05, 0) is 0 Å². The first-order valence-corrected chi connectivity index (χ1v) is 11.5. The average molecular weight is 411 g/mol. The molecule has 0 aliphatic carbocycles. The molecule has 2 aliphatic rings. The van der Waals surface area contributed by atoms with Gasteiger partial charge in [-0.1, -0.05) is 53.1 Å². The van der Waals surface area contributed by atoms with Gasteiger partial charge in [0.15, 0.2) is 10.8 Å². The lowest BCUT2D eigenvalue weighted by molar-refractivity contribution is -0.0794. The van der Waals surface area contributed by atoms with E-state index in [1.807, 2.05) is 4.57 Å². The number of aromatic nitrogens is 4. The zero-order chi connectivity index (χ0) is 19.6. The Morgan fingerprint density at radius 2 is 1.78 bits per heavy atom. The Morgan fingerprint density at radius 1 is 1.07 bits per heavy atom. The molecule has 2 saturated heterocycles. The van der Waals surface area contributed by atoms with Crippen molar-refractivity contribution in [1.82, 2.24) is 19.5 Å². The van der Waals surface area contributed by atoms with Crippen molar-refractivity contribution in [3.8, 4) is 0 Å². The Kier molecular flexibility index (Phi) is 4.44. The first kappa shape index (κ1) is 19.3. The van der Waals surface area contributed by atoms with Gasteiger partial charge in [0.2, 0.25) is 0 Å². The minimum absolute atomic E-state index is 0.00336. The second kappa shape index (κ2) is 6.22. The number of hydrogen-bond acceptors (Lipinski definition) is 6. The topological polar surface area (TPSA) is 71.3 Å². The molecule has 2 aromatic heterocycles. The Balaban J connectivity index is 1.63. The first-order chi connectivity index (χ1) is 12.5. The molecule has 2 aromatic rings. The van der Waals surface area contributed by atoms with Crippen LogP contribution >= 0.6 is 11.6 Å². The minimum atomic E-state index is -2.50. The molecule has 0 spiro atoms. The summed E-state index contributed by atoms with van der Waals surface area (Å²) in [7, 11) is -2.50. The second-order valence-electron chi connectivity index (χ2n) is 9.44. The van der Waals surface area contributed by atoms with Crippen molar-refractivity contribution >= 4 is 31.3 Å². The van der Waals surface area contributed by atoms with Gasteiger partial charge < -0.3 is 13.6 Å². The van der Waals surface area contributed by atoms with E-state index in [1.54, 1.807) is 6.33 Å². The van der Waals surface area contributed by atoms with E-state index in [0.29, 0.717) is 22.9 Å². The van der Waals surface area contributed by atoms with Crippen molar-refractivity contribution in [3.05, 3.63) is 17.8 Å². The van der Waals surface area contributed by atoms with Crippen LogP contribution in [0.25, 0.3) is 11.2 Å². The molecule has 4 rings (SSSR count). The van der Waals surface area contributed by atoms with E-state index in [4.69, 9.17) is 25.2 Å². The van der Waals surface area contributed by atoms with Crippen molar-refractivity contribution in [3.63, 3.8) is 0 Å². The number of halogens is 1. The maximum atomic E-state index is 6.79. The summed E-state index contributed by atoms with van der Waals surface area (Å²) in [6, 6.07) is 0. The highest BCUT2D eigenvalue weighted by Gasteiger charge is 2.63. The number of imidazole rings is 1. The van der Waals surface area contributed by atoms with Crippen molar-refractivity contribution in [2.75, 3.05) is 6.61 Å². The number of nitrogens with zero attached hydrogens (tertiary/aromatic N) is 4. The molecule has 0 unspecified atom stereocenters. The molecule has 0 amide bonds. The minimum Gasteiger partial charge on any atom is -0.391 e. The van der Waals surface area contributed by atoms with Gasteiger partial charge in [-0.2, -0.15) is 0 Å². The van der Waals surface area contributed by atoms with Crippen LogP contribution in [0.15, 0.2) is 12.7 Å². The van der Waals surface area contributed by atoms with Crippen molar-refractivity contribution in [2.45, 2.75) is 76.5 Å². The summed E-state index contributed by atoms with van der Waals surface area (Å²) < 4.78 is 21.5.